The number of hydrogen-bond donors (Lipinski definition) is 2. The SMILES string of the molecule is C#CCNC(=O)Cc1cccc(O)c1. The molecule has 0 heterocycles. The molecule has 0 atom stereocenters. The van der Waals surface area contributed by atoms with E-state index in [1.54, 1.807) is 24.3 Å². The first-order chi connectivity index (χ1) is 6.72. The van der Waals surface area contributed by atoms with Gasteiger partial charge in [-0.05, 0) is 17.7 Å². The van der Waals surface area contributed by atoms with Crippen LogP contribution in [0.3, 0.4) is 0 Å². The molecule has 72 valence electrons. The third-order valence-electron chi connectivity index (χ3n) is 1.66. The Morgan fingerprint density at radius 2 is 2.36 bits per heavy atom. The molecule has 0 aliphatic carbocycles. The predicted octanol–water partition coefficient (Wildman–Crippen LogP) is 0.684. The van der Waals surface area contributed by atoms with Crippen molar-refractivity contribution in [2.45, 2.75) is 6.42 Å². The second kappa shape index (κ2) is 4.93. The number of rotatable bonds is 3. The summed E-state index contributed by atoms with van der Waals surface area (Å²) in [7, 11) is 0. The van der Waals surface area contributed by atoms with Crippen molar-refractivity contribution in [3.8, 4) is 18.1 Å². The number of phenols is 1. The number of phenolic OH excluding ortho intramolecular Hbond substituents is 1. The van der Waals surface area contributed by atoms with Crippen LogP contribution >= 0.6 is 0 Å². The molecule has 0 aromatic heterocycles. The van der Waals surface area contributed by atoms with Crippen LogP contribution in [-0.4, -0.2) is 17.6 Å². The van der Waals surface area contributed by atoms with Gasteiger partial charge in [-0.15, -0.1) is 6.42 Å². The molecule has 1 amide bonds. The maximum absolute atomic E-state index is 11.2. The molecule has 14 heavy (non-hydrogen) atoms. The van der Waals surface area contributed by atoms with Crippen LogP contribution in [0.1, 0.15) is 5.56 Å². The summed E-state index contributed by atoms with van der Waals surface area (Å²) in [5.41, 5.74) is 0.763. The minimum Gasteiger partial charge on any atom is -0.508 e. The van der Waals surface area contributed by atoms with Gasteiger partial charge in [-0.2, -0.15) is 0 Å². The summed E-state index contributed by atoms with van der Waals surface area (Å²) in [5, 5.41) is 11.7. The lowest BCUT2D eigenvalue weighted by Gasteiger charge is -2.01. The van der Waals surface area contributed by atoms with E-state index in [0.29, 0.717) is 0 Å². The quantitative estimate of drug-likeness (QED) is 0.687. The molecule has 0 saturated heterocycles. The van der Waals surface area contributed by atoms with Crippen LogP contribution in [0.5, 0.6) is 5.75 Å². The van der Waals surface area contributed by atoms with Gasteiger partial charge in [0.1, 0.15) is 5.75 Å². The van der Waals surface area contributed by atoms with Crippen molar-refractivity contribution in [1.82, 2.24) is 5.32 Å². The molecule has 0 bridgehead atoms. The molecule has 0 radical (unpaired) electrons. The van der Waals surface area contributed by atoms with Crippen molar-refractivity contribution in [1.29, 1.82) is 0 Å². The number of amides is 1. The number of terminal acetylenes is 1. The molecule has 2 N–H and O–H groups in total. The number of carbonyl (C=O) groups excluding carboxylic acids is 1. The van der Waals surface area contributed by atoms with Gasteiger partial charge < -0.3 is 10.4 Å². The lowest BCUT2D eigenvalue weighted by Crippen LogP contribution is -2.25. The molecule has 1 aromatic rings. The Kier molecular flexibility index (Phi) is 3.57. The van der Waals surface area contributed by atoms with Crippen LogP contribution in [0, 0.1) is 12.3 Å². The van der Waals surface area contributed by atoms with Crippen molar-refractivity contribution in [3.05, 3.63) is 29.8 Å². The number of carbonyl (C=O) groups is 1. The number of benzene rings is 1. The number of nitrogens with one attached hydrogen (secondary N) is 1. The first-order valence-corrected chi connectivity index (χ1v) is 4.20. The minimum absolute atomic E-state index is 0.145. The van der Waals surface area contributed by atoms with Crippen LogP contribution in [0.2, 0.25) is 0 Å². The lowest BCUT2D eigenvalue weighted by atomic mass is 10.1. The summed E-state index contributed by atoms with van der Waals surface area (Å²) < 4.78 is 0. The lowest BCUT2D eigenvalue weighted by molar-refractivity contribution is -0.120. The monoisotopic (exact) mass is 189 g/mol. The highest BCUT2D eigenvalue weighted by molar-refractivity contribution is 5.78. The molecule has 1 rings (SSSR count). The van der Waals surface area contributed by atoms with Gasteiger partial charge in [-0.3, -0.25) is 4.79 Å². The Morgan fingerprint density at radius 3 is 3.00 bits per heavy atom. The van der Waals surface area contributed by atoms with Crippen molar-refractivity contribution in [3.63, 3.8) is 0 Å². The zero-order valence-corrected chi connectivity index (χ0v) is 7.66. The predicted molar refractivity (Wildman–Crippen MR) is 53.7 cm³/mol. The molecule has 3 nitrogen and oxygen atoms in total. The van der Waals surface area contributed by atoms with Crippen LogP contribution in [0.25, 0.3) is 0 Å². The standard InChI is InChI=1S/C11H11NO2/c1-2-6-12-11(14)8-9-4-3-5-10(13)7-9/h1,3-5,7,13H,6,8H2,(H,12,14). The Bertz CT molecular complexity index is 366. The van der Waals surface area contributed by atoms with Gasteiger partial charge in [-0.25, -0.2) is 0 Å². The summed E-state index contributed by atoms with van der Waals surface area (Å²) in [6, 6.07) is 6.58. The van der Waals surface area contributed by atoms with Crippen LogP contribution in [0.15, 0.2) is 24.3 Å². The highest BCUT2D eigenvalue weighted by Gasteiger charge is 2.01. The minimum atomic E-state index is -0.145. The van der Waals surface area contributed by atoms with Gasteiger partial charge in [0.05, 0.1) is 13.0 Å². The zero-order valence-electron chi connectivity index (χ0n) is 7.66. The smallest absolute Gasteiger partial charge is 0.225 e. The third kappa shape index (κ3) is 3.20. The van der Waals surface area contributed by atoms with E-state index in [2.05, 4.69) is 11.2 Å². The Morgan fingerprint density at radius 1 is 1.57 bits per heavy atom. The number of aromatic hydroxyl groups is 1. The highest BCUT2D eigenvalue weighted by atomic mass is 16.3. The largest absolute Gasteiger partial charge is 0.508 e. The van der Waals surface area contributed by atoms with Gasteiger partial charge in [0.15, 0.2) is 0 Å². The van der Waals surface area contributed by atoms with E-state index in [0.717, 1.165) is 5.56 Å². The van der Waals surface area contributed by atoms with Gasteiger partial charge >= 0.3 is 0 Å². The van der Waals surface area contributed by atoms with E-state index >= 15 is 0 Å². The Balaban J connectivity index is 2.53. The fourth-order valence-electron chi connectivity index (χ4n) is 1.06. The van der Waals surface area contributed by atoms with E-state index in [1.165, 1.54) is 0 Å². The van der Waals surface area contributed by atoms with Crippen molar-refractivity contribution < 1.29 is 9.90 Å². The van der Waals surface area contributed by atoms with E-state index in [4.69, 9.17) is 11.5 Å². The average molecular weight is 189 g/mol. The summed E-state index contributed by atoms with van der Waals surface area (Å²) in [4.78, 5) is 11.2. The van der Waals surface area contributed by atoms with E-state index < -0.39 is 0 Å². The second-order valence-corrected chi connectivity index (χ2v) is 2.83. The second-order valence-electron chi connectivity index (χ2n) is 2.83. The van der Waals surface area contributed by atoms with E-state index in [9.17, 15) is 4.79 Å². The topological polar surface area (TPSA) is 49.3 Å². The molecule has 0 fully saturated rings. The Labute approximate surface area is 82.8 Å². The summed E-state index contributed by atoms with van der Waals surface area (Å²) in [6.45, 7) is 0.234. The Hall–Kier alpha value is -1.95. The maximum Gasteiger partial charge on any atom is 0.225 e. The van der Waals surface area contributed by atoms with Gasteiger partial charge in [0.25, 0.3) is 0 Å². The molecule has 0 unspecified atom stereocenters. The van der Waals surface area contributed by atoms with Gasteiger partial charge in [0.2, 0.25) is 5.91 Å². The molecule has 0 spiro atoms. The third-order valence-corrected chi connectivity index (χ3v) is 1.66. The van der Waals surface area contributed by atoms with Crippen molar-refractivity contribution in [2.24, 2.45) is 0 Å². The summed E-state index contributed by atoms with van der Waals surface area (Å²) in [6.07, 6.45) is 5.22. The average Bonchev–Trinajstić information content (AvgIpc) is 2.15. The van der Waals surface area contributed by atoms with Crippen LogP contribution in [-0.2, 0) is 11.2 Å². The van der Waals surface area contributed by atoms with Crippen LogP contribution in [0.4, 0.5) is 0 Å². The van der Waals surface area contributed by atoms with Crippen molar-refractivity contribution >= 4 is 5.91 Å². The normalized spacial score (nSPS) is 9.07. The summed E-state index contributed by atoms with van der Waals surface area (Å²) >= 11 is 0. The maximum atomic E-state index is 11.2. The first-order valence-electron chi connectivity index (χ1n) is 4.20. The molecule has 3 heteroatoms. The molecule has 0 aliphatic heterocycles. The van der Waals surface area contributed by atoms with Gasteiger partial charge in [-0.1, -0.05) is 18.1 Å². The van der Waals surface area contributed by atoms with E-state index in [-0.39, 0.29) is 24.6 Å². The fraction of sp³-hybridized carbons (Fsp3) is 0.182. The van der Waals surface area contributed by atoms with Crippen molar-refractivity contribution in [2.75, 3.05) is 6.54 Å². The van der Waals surface area contributed by atoms with Gasteiger partial charge in [0, 0.05) is 0 Å². The highest BCUT2D eigenvalue weighted by Crippen LogP contribution is 2.10. The zero-order chi connectivity index (χ0) is 10.4. The van der Waals surface area contributed by atoms with E-state index in [1.807, 2.05) is 0 Å². The molecule has 1 aromatic carbocycles. The molecular weight excluding hydrogens is 178 g/mol. The molecular formula is C11H11NO2. The fourth-order valence-corrected chi connectivity index (χ4v) is 1.06. The molecule has 0 saturated carbocycles. The molecule has 0 aliphatic rings. The first kappa shape index (κ1) is 10.1. The summed E-state index contributed by atoms with van der Waals surface area (Å²) in [5.74, 6) is 2.33. The van der Waals surface area contributed by atoms with Crippen LogP contribution < -0.4 is 5.32 Å². The number of hydrogen-bond acceptors (Lipinski definition) is 2.